The zero-order chi connectivity index (χ0) is 13.9. The maximum Gasteiger partial charge on any atom is 0.244 e. The standard InChI is InChI=1S/C10H18N4O3S/c1-7-10(8(2)14(4)13-7)18(16,17)12-6-5-11-9(3)15/h12H,5-6H2,1-4H3,(H,11,15). The molecule has 0 bridgehead atoms. The number of rotatable bonds is 5. The Labute approximate surface area is 107 Å². The number of sulfonamides is 1. The van der Waals surface area contributed by atoms with E-state index >= 15 is 0 Å². The van der Waals surface area contributed by atoms with Gasteiger partial charge in [-0.25, -0.2) is 13.1 Å². The van der Waals surface area contributed by atoms with Crippen molar-refractivity contribution in [2.24, 2.45) is 7.05 Å². The van der Waals surface area contributed by atoms with Gasteiger partial charge in [-0.2, -0.15) is 5.10 Å². The highest BCUT2D eigenvalue weighted by molar-refractivity contribution is 7.89. The second-order valence-corrected chi connectivity index (χ2v) is 5.71. The van der Waals surface area contributed by atoms with E-state index in [1.54, 1.807) is 20.9 Å². The molecule has 1 amide bonds. The summed E-state index contributed by atoms with van der Waals surface area (Å²) in [5.74, 6) is -0.192. The monoisotopic (exact) mass is 274 g/mol. The molecule has 0 saturated heterocycles. The molecule has 0 aliphatic rings. The van der Waals surface area contributed by atoms with Crippen molar-refractivity contribution in [1.29, 1.82) is 0 Å². The van der Waals surface area contributed by atoms with E-state index in [1.807, 2.05) is 0 Å². The van der Waals surface area contributed by atoms with Gasteiger partial charge in [0.2, 0.25) is 15.9 Å². The van der Waals surface area contributed by atoms with E-state index in [0.717, 1.165) is 0 Å². The Bertz CT molecular complexity index is 548. The van der Waals surface area contributed by atoms with Gasteiger partial charge >= 0.3 is 0 Å². The number of hydrogen-bond donors (Lipinski definition) is 2. The van der Waals surface area contributed by atoms with Crippen molar-refractivity contribution in [2.75, 3.05) is 13.1 Å². The summed E-state index contributed by atoms with van der Waals surface area (Å²) in [7, 11) is -1.89. The third-order valence-electron chi connectivity index (χ3n) is 2.50. The van der Waals surface area contributed by atoms with Crippen LogP contribution in [0.15, 0.2) is 4.90 Å². The predicted molar refractivity (Wildman–Crippen MR) is 66.6 cm³/mol. The lowest BCUT2D eigenvalue weighted by Gasteiger charge is -2.07. The molecule has 1 rings (SSSR count). The first-order valence-electron chi connectivity index (χ1n) is 5.50. The van der Waals surface area contributed by atoms with Crippen molar-refractivity contribution < 1.29 is 13.2 Å². The summed E-state index contributed by atoms with van der Waals surface area (Å²) in [6, 6.07) is 0. The van der Waals surface area contributed by atoms with Crippen LogP contribution in [0.3, 0.4) is 0 Å². The molecule has 0 aliphatic heterocycles. The average Bonchev–Trinajstić information content (AvgIpc) is 2.48. The third kappa shape index (κ3) is 3.30. The topological polar surface area (TPSA) is 93.1 Å². The second-order valence-electron chi connectivity index (χ2n) is 4.00. The first-order valence-corrected chi connectivity index (χ1v) is 6.98. The molecule has 7 nitrogen and oxygen atoms in total. The van der Waals surface area contributed by atoms with Crippen molar-refractivity contribution in [3.05, 3.63) is 11.4 Å². The zero-order valence-electron chi connectivity index (χ0n) is 10.9. The van der Waals surface area contributed by atoms with Crippen molar-refractivity contribution in [3.63, 3.8) is 0 Å². The van der Waals surface area contributed by atoms with Gasteiger partial charge in [0.05, 0.1) is 11.4 Å². The molecule has 1 aromatic heterocycles. The van der Waals surface area contributed by atoms with Crippen molar-refractivity contribution in [1.82, 2.24) is 19.8 Å². The quantitative estimate of drug-likeness (QED) is 0.705. The third-order valence-corrected chi connectivity index (χ3v) is 4.21. The molecule has 1 aromatic rings. The molecule has 0 fully saturated rings. The number of nitrogens with one attached hydrogen (secondary N) is 2. The Hall–Kier alpha value is -1.41. The van der Waals surface area contributed by atoms with E-state index in [1.165, 1.54) is 11.6 Å². The molecule has 0 spiro atoms. The van der Waals surface area contributed by atoms with E-state index in [0.29, 0.717) is 11.4 Å². The molecular weight excluding hydrogens is 256 g/mol. The summed E-state index contributed by atoms with van der Waals surface area (Å²) < 4.78 is 28.1. The minimum absolute atomic E-state index is 0.148. The lowest BCUT2D eigenvalue weighted by Crippen LogP contribution is -2.34. The average molecular weight is 274 g/mol. The Morgan fingerprint density at radius 2 is 1.94 bits per heavy atom. The number of nitrogens with zero attached hydrogens (tertiary/aromatic N) is 2. The summed E-state index contributed by atoms with van der Waals surface area (Å²) >= 11 is 0. The Balaban J connectivity index is 2.78. The molecule has 0 atom stereocenters. The van der Waals surface area contributed by atoms with Gasteiger partial charge in [0.25, 0.3) is 0 Å². The molecular formula is C10H18N4O3S. The first kappa shape index (κ1) is 14.7. The highest BCUT2D eigenvalue weighted by atomic mass is 32.2. The molecule has 2 N–H and O–H groups in total. The molecule has 8 heteroatoms. The summed E-state index contributed by atoms with van der Waals surface area (Å²) in [6.45, 7) is 5.13. The number of carbonyl (C=O) groups excluding carboxylic acids is 1. The Morgan fingerprint density at radius 1 is 1.33 bits per heavy atom. The van der Waals surface area contributed by atoms with Gasteiger partial charge in [0.15, 0.2) is 0 Å². The van der Waals surface area contributed by atoms with Gasteiger partial charge in [-0.3, -0.25) is 9.48 Å². The van der Waals surface area contributed by atoms with E-state index in [-0.39, 0.29) is 23.9 Å². The highest BCUT2D eigenvalue weighted by Crippen LogP contribution is 2.17. The van der Waals surface area contributed by atoms with Crippen LogP contribution in [0.4, 0.5) is 0 Å². The number of aromatic nitrogens is 2. The molecule has 1 heterocycles. The molecule has 18 heavy (non-hydrogen) atoms. The van der Waals surface area contributed by atoms with Crippen molar-refractivity contribution >= 4 is 15.9 Å². The summed E-state index contributed by atoms with van der Waals surface area (Å²) in [6.07, 6.45) is 0. The molecule has 0 radical (unpaired) electrons. The zero-order valence-corrected chi connectivity index (χ0v) is 11.8. The number of amides is 1. The van der Waals surface area contributed by atoms with E-state index < -0.39 is 10.0 Å². The minimum Gasteiger partial charge on any atom is -0.355 e. The lowest BCUT2D eigenvalue weighted by molar-refractivity contribution is -0.118. The number of carbonyl (C=O) groups is 1. The van der Waals surface area contributed by atoms with E-state index in [4.69, 9.17) is 0 Å². The predicted octanol–water partition coefficient (Wildman–Crippen LogP) is -0.549. The summed E-state index contributed by atoms with van der Waals surface area (Å²) in [4.78, 5) is 10.8. The van der Waals surface area contributed by atoms with Crippen LogP contribution in [-0.2, 0) is 21.9 Å². The van der Waals surface area contributed by atoms with E-state index in [2.05, 4.69) is 15.1 Å². The maximum absolute atomic E-state index is 12.1. The highest BCUT2D eigenvalue weighted by Gasteiger charge is 2.22. The van der Waals surface area contributed by atoms with Gasteiger partial charge in [-0.1, -0.05) is 0 Å². The van der Waals surface area contributed by atoms with Crippen molar-refractivity contribution in [2.45, 2.75) is 25.7 Å². The van der Waals surface area contributed by atoms with Crippen LogP contribution < -0.4 is 10.0 Å². The largest absolute Gasteiger partial charge is 0.355 e. The summed E-state index contributed by atoms with van der Waals surface area (Å²) in [5.41, 5.74) is 1.04. The van der Waals surface area contributed by atoms with Gasteiger partial charge in [-0.05, 0) is 13.8 Å². The number of hydrogen-bond acceptors (Lipinski definition) is 4. The minimum atomic E-state index is -3.58. The van der Waals surface area contributed by atoms with Gasteiger partial charge in [0, 0.05) is 27.1 Å². The molecule has 0 unspecified atom stereocenters. The summed E-state index contributed by atoms with van der Waals surface area (Å²) in [5, 5.41) is 6.58. The van der Waals surface area contributed by atoms with Crippen LogP contribution in [0.5, 0.6) is 0 Å². The molecule has 0 saturated carbocycles. The lowest BCUT2D eigenvalue weighted by atomic mass is 10.4. The van der Waals surface area contributed by atoms with Crippen LogP contribution in [0.2, 0.25) is 0 Å². The SMILES string of the molecule is CC(=O)NCCNS(=O)(=O)c1c(C)nn(C)c1C. The van der Waals surface area contributed by atoms with Crippen molar-refractivity contribution in [3.8, 4) is 0 Å². The van der Waals surface area contributed by atoms with Gasteiger partial charge in [0.1, 0.15) is 4.90 Å². The Kier molecular flexibility index (Phi) is 4.47. The Morgan fingerprint density at radius 3 is 2.39 bits per heavy atom. The van der Waals surface area contributed by atoms with Gasteiger partial charge in [-0.15, -0.1) is 0 Å². The normalized spacial score (nSPS) is 11.6. The smallest absolute Gasteiger partial charge is 0.244 e. The van der Waals surface area contributed by atoms with Crippen LogP contribution in [-0.4, -0.2) is 37.2 Å². The fourth-order valence-electron chi connectivity index (χ4n) is 1.64. The fraction of sp³-hybridized carbons (Fsp3) is 0.600. The molecule has 0 aromatic carbocycles. The fourth-order valence-corrected chi connectivity index (χ4v) is 3.11. The molecule has 102 valence electrons. The maximum atomic E-state index is 12.1. The number of aryl methyl sites for hydroxylation is 2. The van der Waals surface area contributed by atoms with Gasteiger partial charge < -0.3 is 5.32 Å². The van der Waals surface area contributed by atoms with Crippen LogP contribution in [0, 0.1) is 13.8 Å². The van der Waals surface area contributed by atoms with E-state index in [9.17, 15) is 13.2 Å². The van der Waals surface area contributed by atoms with Crippen LogP contribution in [0.1, 0.15) is 18.3 Å². The first-order chi connectivity index (χ1) is 8.25. The second kappa shape index (κ2) is 5.49. The van der Waals surface area contributed by atoms with Crippen LogP contribution >= 0.6 is 0 Å². The molecule has 0 aliphatic carbocycles. The van der Waals surface area contributed by atoms with Crippen LogP contribution in [0.25, 0.3) is 0 Å².